The van der Waals surface area contributed by atoms with Gasteiger partial charge in [-0.15, -0.1) is 0 Å². The minimum atomic E-state index is -0.107. The zero-order valence-corrected chi connectivity index (χ0v) is 13.0. The first-order valence-corrected chi connectivity index (χ1v) is 7.33. The Balaban J connectivity index is 2.21. The first-order valence-electron chi connectivity index (χ1n) is 7.33. The van der Waals surface area contributed by atoms with Crippen molar-refractivity contribution in [3.8, 4) is 11.5 Å². The van der Waals surface area contributed by atoms with Crippen molar-refractivity contribution in [2.45, 2.75) is 38.3 Å². The van der Waals surface area contributed by atoms with Gasteiger partial charge in [0.15, 0.2) is 11.5 Å². The molecule has 1 aliphatic heterocycles. The molecule has 0 spiro atoms. The fourth-order valence-electron chi connectivity index (χ4n) is 2.86. The van der Waals surface area contributed by atoms with Crippen molar-refractivity contribution in [2.24, 2.45) is 5.73 Å². The minimum absolute atomic E-state index is 0.107. The largest absolute Gasteiger partial charge is 0.493 e. The van der Waals surface area contributed by atoms with Gasteiger partial charge in [0.1, 0.15) is 0 Å². The molecule has 2 rings (SSSR count). The summed E-state index contributed by atoms with van der Waals surface area (Å²) in [6.07, 6.45) is 2.38. The molecule has 1 amide bonds. The molecule has 1 aromatic rings. The van der Waals surface area contributed by atoms with Gasteiger partial charge in [0.25, 0.3) is 0 Å². The van der Waals surface area contributed by atoms with Crippen LogP contribution in [0.1, 0.15) is 37.8 Å². The van der Waals surface area contributed by atoms with Gasteiger partial charge in [0.2, 0.25) is 5.91 Å². The third kappa shape index (κ3) is 3.47. The molecule has 1 heterocycles. The summed E-state index contributed by atoms with van der Waals surface area (Å²) >= 11 is 0. The Morgan fingerprint density at radius 1 is 1.38 bits per heavy atom. The van der Waals surface area contributed by atoms with Crippen molar-refractivity contribution in [2.75, 3.05) is 20.8 Å². The number of hydrogen-bond acceptors (Lipinski definition) is 4. The third-order valence-corrected chi connectivity index (χ3v) is 3.86. The maximum absolute atomic E-state index is 12.3. The van der Waals surface area contributed by atoms with Crippen LogP contribution in [0.15, 0.2) is 18.2 Å². The van der Waals surface area contributed by atoms with Crippen LogP contribution in [-0.4, -0.2) is 37.6 Å². The highest BCUT2D eigenvalue weighted by Gasteiger charge is 2.30. The van der Waals surface area contributed by atoms with Gasteiger partial charge in [-0.25, -0.2) is 0 Å². The second-order valence-electron chi connectivity index (χ2n) is 5.54. The predicted molar refractivity (Wildman–Crippen MR) is 81.5 cm³/mol. The van der Waals surface area contributed by atoms with Gasteiger partial charge in [0.05, 0.1) is 20.3 Å². The van der Waals surface area contributed by atoms with Crippen LogP contribution in [0.25, 0.3) is 0 Å². The highest BCUT2D eigenvalue weighted by atomic mass is 16.5. The van der Waals surface area contributed by atoms with Gasteiger partial charge in [-0.3, -0.25) is 4.79 Å². The van der Waals surface area contributed by atoms with Crippen LogP contribution in [0.2, 0.25) is 0 Å². The first kappa shape index (κ1) is 15.6. The molecule has 2 unspecified atom stereocenters. The van der Waals surface area contributed by atoms with E-state index in [2.05, 4.69) is 0 Å². The van der Waals surface area contributed by atoms with Crippen LogP contribution in [0.5, 0.6) is 11.5 Å². The van der Waals surface area contributed by atoms with Gasteiger partial charge in [0, 0.05) is 19.0 Å². The van der Waals surface area contributed by atoms with Gasteiger partial charge >= 0.3 is 0 Å². The molecule has 1 aromatic carbocycles. The summed E-state index contributed by atoms with van der Waals surface area (Å²) in [5.41, 5.74) is 6.83. The average molecular weight is 292 g/mol. The van der Waals surface area contributed by atoms with Crippen LogP contribution in [0.3, 0.4) is 0 Å². The van der Waals surface area contributed by atoms with Gasteiger partial charge in [-0.05, 0) is 37.5 Å². The molecular formula is C16H24N2O3. The summed E-state index contributed by atoms with van der Waals surface area (Å²) in [4.78, 5) is 14.2. The molecule has 116 valence electrons. The fraction of sp³-hybridized carbons (Fsp3) is 0.562. The second kappa shape index (κ2) is 6.80. The van der Waals surface area contributed by atoms with Gasteiger partial charge in [-0.1, -0.05) is 6.07 Å². The Hall–Kier alpha value is -1.75. The zero-order valence-electron chi connectivity index (χ0n) is 13.0. The molecule has 0 aromatic heterocycles. The summed E-state index contributed by atoms with van der Waals surface area (Å²) in [5.74, 6) is 1.52. The fourth-order valence-corrected chi connectivity index (χ4v) is 2.86. The Bertz CT molecular complexity index is 502. The second-order valence-corrected chi connectivity index (χ2v) is 5.54. The number of methoxy groups -OCH3 is 2. The van der Waals surface area contributed by atoms with Crippen molar-refractivity contribution < 1.29 is 14.3 Å². The molecule has 2 atom stereocenters. The van der Waals surface area contributed by atoms with Gasteiger partial charge in [-0.2, -0.15) is 0 Å². The van der Waals surface area contributed by atoms with E-state index in [0.29, 0.717) is 17.9 Å². The van der Waals surface area contributed by atoms with E-state index in [1.54, 1.807) is 14.2 Å². The predicted octanol–water partition coefficient (Wildman–Crippen LogP) is 2.10. The van der Waals surface area contributed by atoms with E-state index in [-0.39, 0.29) is 18.0 Å². The standard InChI is InChI=1S/C16H24N2O3/c1-11(17)9-16(19)18-8-4-5-13(18)12-6-7-14(20-2)15(10-12)21-3/h6-7,10-11,13H,4-5,8-9,17H2,1-3H3. The van der Waals surface area contributed by atoms with Gasteiger partial charge < -0.3 is 20.1 Å². The summed E-state index contributed by atoms with van der Waals surface area (Å²) in [7, 11) is 3.24. The van der Waals surface area contributed by atoms with Crippen molar-refractivity contribution in [1.82, 2.24) is 4.90 Å². The lowest BCUT2D eigenvalue weighted by Crippen LogP contribution is -2.34. The Labute approximate surface area is 126 Å². The Kier molecular flexibility index (Phi) is 5.07. The molecule has 0 saturated carbocycles. The topological polar surface area (TPSA) is 64.8 Å². The molecule has 1 aliphatic rings. The van der Waals surface area contributed by atoms with E-state index in [1.807, 2.05) is 30.0 Å². The van der Waals surface area contributed by atoms with E-state index >= 15 is 0 Å². The van der Waals surface area contributed by atoms with Crippen LogP contribution in [0, 0.1) is 0 Å². The first-order chi connectivity index (χ1) is 10.1. The highest BCUT2D eigenvalue weighted by molar-refractivity contribution is 5.77. The van der Waals surface area contributed by atoms with Crippen LogP contribution < -0.4 is 15.2 Å². The lowest BCUT2D eigenvalue weighted by atomic mass is 10.0. The number of rotatable bonds is 5. The average Bonchev–Trinajstić information content (AvgIpc) is 2.95. The van der Waals surface area contributed by atoms with E-state index in [9.17, 15) is 4.79 Å². The number of hydrogen-bond donors (Lipinski definition) is 1. The molecule has 0 aliphatic carbocycles. The maximum Gasteiger partial charge on any atom is 0.224 e. The monoisotopic (exact) mass is 292 g/mol. The number of nitrogens with two attached hydrogens (primary N) is 1. The van der Waals surface area contributed by atoms with Crippen molar-refractivity contribution in [1.29, 1.82) is 0 Å². The Morgan fingerprint density at radius 2 is 2.10 bits per heavy atom. The van der Waals surface area contributed by atoms with E-state index in [1.165, 1.54) is 0 Å². The van der Waals surface area contributed by atoms with Crippen molar-refractivity contribution in [3.63, 3.8) is 0 Å². The molecule has 1 saturated heterocycles. The van der Waals surface area contributed by atoms with E-state index in [4.69, 9.17) is 15.2 Å². The number of benzene rings is 1. The van der Waals surface area contributed by atoms with E-state index in [0.717, 1.165) is 24.9 Å². The molecule has 21 heavy (non-hydrogen) atoms. The molecule has 0 radical (unpaired) electrons. The lowest BCUT2D eigenvalue weighted by Gasteiger charge is -2.26. The molecule has 5 heteroatoms. The third-order valence-electron chi connectivity index (χ3n) is 3.86. The van der Waals surface area contributed by atoms with Crippen LogP contribution in [0.4, 0.5) is 0 Å². The van der Waals surface area contributed by atoms with E-state index < -0.39 is 0 Å². The van der Waals surface area contributed by atoms with Crippen molar-refractivity contribution in [3.05, 3.63) is 23.8 Å². The van der Waals surface area contributed by atoms with Crippen molar-refractivity contribution >= 4 is 5.91 Å². The number of nitrogens with zero attached hydrogens (tertiary/aromatic N) is 1. The smallest absolute Gasteiger partial charge is 0.224 e. The normalized spacial score (nSPS) is 19.4. The molecule has 1 fully saturated rings. The number of ether oxygens (including phenoxy) is 2. The minimum Gasteiger partial charge on any atom is -0.493 e. The molecular weight excluding hydrogens is 268 g/mol. The summed E-state index contributed by atoms with van der Waals surface area (Å²) in [6, 6.07) is 5.85. The van der Waals surface area contributed by atoms with Crippen LogP contribution in [-0.2, 0) is 4.79 Å². The summed E-state index contributed by atoms with van der Waals surface area (Å²) in [6.45, 7) is 2.66. The summed E-state index contributed by atoms with van der Waals surface area (Å²) in [5, 5.41) is 0. The summed E-state index contributed by atoms with van der Waals surface area (Å²) < 4.78 is 10.6. The number of amides is 1. The highest BCUT2D eigenvalue weighted by Crippen LogP contribution is 2.37. The van der Waals surface area contributed by atoms with Crippen LogP contribution >= 0.6 is 0 Å². The number of carbonyl (C=O) groups excluding carboxylic acids is 1. The quantitative estimate of drug-likeness (QED) is 0.902. The molecule has 2 N–H and O–H groups in total. The molecule has 0 bridgehead atoms. The zero-order chi connectivity index (χ0) is 15.4. The SMILES string of the molecule is COc1ccc(C2CCCN2C(=O)CC(C)N)cc1OC. The lowest BCUT2D eigenvalue weighted by molar-refractivity contribution is -0.132. The Morgan fingerprint density at radius 3 is 2.71 bits per heavy atom. The maximum atomic E-state index is 12.3. The molecule has 5 nitrogen and oxygen atoms in total. The number of carbonyl (C=O) groups is 1. The number of likely N-dealkylation sites (tertiary alicyclic amines) is 1.